The third-order valence-corrected chi connectivity index (χ3v) is 16.1. The molecule has 44 heavy (non-hydrogen) atoms. The van der Waals surface area contributed by atoms with Crippen LogP contribution in [-0.4, -0.2) is 75.4 Å². The number of fused-ring (bicyclic) bond motifs is 4. The number of hydrogen-bond acceptors (Lipinski definition) is 8. The van der Waals surface area contributed by atoms with Crippen LogP contribution >= 0.6 is 0 Å². The van der Waals surface area contributed by atoms with E-state index in [0.29, 0.717) is 17.8 Å². The standard InChI is InChI=1S/C36H58O8/c1-30(2)14-16-35-17-15-34(7)33(6)12-8-21-31(3,4)24(43-28-27(40)26(39)25(38)20(19-37)42-28)10-11-32(21,5)22(33)9-13-36(34,23(35)18-30)44-29(35)41/h20-28,37-40H,8-19H2,1-7H3/t20-,21+,22?,23-,24?,25-,26+,27-,28+,32+,33-,34+,35+,36+/m1/s1. The van der Waals surface area contributed by atoms with Crippen LogP contribution in [0.3, 0.4) is 0 Å². The molecule has 0 radical (unpaired) electrons. The molecular weight excluding hydrogens is 560 g/mol. The van der Waals surface area contributed by atoms with Crippen molar-refractivity contribution in [2.45, 2.75) is 162 Å². The van der Waals surface area contributed by atoms with E-state index in [4.69, 9.17) is 14.2 Å². The van der Waals surface area contributed by atoms with Gasteiger partial charge in [0.25, 0.3) is 0 Å². The second kappa shape index (κ2) is 9.65. The van der Waals surface area contributed by atoms with Gasteiger partial charge in [-0.2, -0.15) is 0 Å². The summed E-state index contributed by atoms with van der Waals surface area (Å²) in [6.45, 7) is 16.5. The van der Waals surface area contributed by atoms with E-state index in [2.05, 4.69) is 48.5 Å². The molecule has 8 nitrogen and oxygen atoms in total. The van der Waals surface area contributed by atoms with Crippen molar-refractivity contribution < 1.29 is 39.4 Å². The molecule has 250 valence electrons. The Bertz CT molecular complexity index is 1180. The topological polar surface area (TPSA) is 126 Å². The maximum absolute atomic E-state index is 13.8. The molecule has 0 aromatic carbocycles. The lowest BCUT2D eigenvalue weighted by atomic mass is 9.31. The Labute approximate surface area is 263 Å². The van der Waals surface area contributed by atoms with Crippen molar-refractivity contribution in [2.24, 2.45) is 50.2 Å². The first-order valence-corrected chi connectivity index (χ1v) is 17.6. The first kappa shape index (κ1) is 31.8. The van der Waals surface area contributed by atoms with Gasteiger partial charge in [0.05, 0.1) is 18.1 Å². The summed E-state index contributed by atoms with van der Waals surface area (Å²) in [5, 5.41) is 41.1. The smallest absolute Gasteiger partial charge is 0.313 e. The van der Waals surface area contributed by atoms with Crippen LogP contribution in [0.4, 0.5) is 0 Å². The molecule has 0 aromatic rings. The Morgan fingerprint density at radius 2 is 1.45 bits per heavy atom. The summed E-state index contributed by atoms with van der Waals surface area (Å²) in [7, 11) is 0. The number of esters is 1. The minimum atomic E-state index is -1.44. The lowest BCUT2D eigenvalue weighted by molar-refractivity contribution is -0.334. The first-order chi connectivity index (χ1) is 20.4. The van der Waals surface area contributed by atoms with Gasteiger partial charge in [-0.15, -0.1) is 0 Å². The van der Waals surface area contributed by atoms with E-state index in [0.717, 1.165) is 70.6 Å². The molecule has 2 bridgehead atoms. The molecule has 1 spiro atoms. The van der Waals surface area contributed by atoms with Crippen LogP contribution in [-0.2, 0) is 19.0 Å². The van der Waals surface area contributed by atoms with Crippen LogP contribution < -0.4 is 0 Å². The summed E-state index contributed by atoms with van der Waals surface area (Å²) in [6, 6.07) is 0. The molecule has 7 rings (SSSR count). The van der Waals surface area contributed by atoms with E-state index in [9.17, 15) is 25.2 Å². The highest BCUT2D eigenvalue weighted by Crippen LogP contribution is 2.80. The van der Waals surface area contributed by atoms with Gasteiger partial charge in [-0.25, -0.2) is 0 Å². The van der Waals surface area contributed by atoms with E-state index >= 15 is 0 Å². The zero-order chi connectivity index (χ0) is 31.9. The van der Waals surface area contributed by atoms with Crippen LogP contribution in [0.5, 0.6) is 0 Å². The minimum Gasteiger partial charge on any atom is -0.458 e. The van der Waals surface area contributed by atoms with Crippen molar-refractivity contribution in [3.05, 3.63) is 0 Å². The fourth-order valence-electron chi connectivity index (χ4n) is 13.4. The van der Waals surface area contributed by atoms with Gasteiger partial charge in [0.1, 0.15) is 30.0 Å². The van der Waals surface area contributed by atoms with Crippen LogP contribution in [0.25, 0.3) is 0 Å². The maximum Gasteiger partial charge on any atom is 0.313 e. The summed E-state index contributed by atoms with van der Waals surface area (Å²) in [5.74, 6) is 1.31. The third kappa shape index (κ3) is 3.76. The van der Waals surface area contributed by atoms with Gasteiger partial charge < -0.3 is 34.6 Å². The van der Waals surface area contributed by atoms with Gasteiger partial charge in [-0.3, -0.25) is 4.79 Å². The molecule has 0 amide bonds. The monoisotopic (exact) mass is 618 g/mol. The number of aliphatic hydroxyl groups excluding tert-OH is 4. The largest absolute Gasteiger partial charge is 0.458 e. The number of carbonyl (C=O) groups excluding carboxylic acids is 1. The van der Waals surface area contributed by atoms with Crippen LogP contribution in [0.2, 0.25) is 0 Å². The highest BCUT2D eigenvalue weighted by atomic mass is 16.7. The van der Waals surface area contributed by atoms with Crippen molar-refractivity contribution >= 4 is 5.97 Å². The normalized spacial score (nSPS) is 57.3. The third-order valence-electron chi connectivity index (χ3n) is 16.1. The lowest BCUT2D eigenvalue weighted by Gasteiger charge is -2.74. The Kier molecular flexibility index (Phi) is 6.98. The fraction of sp³-hybridized carbons (Fsp3) is 0.972. The molecule has 7 fully saturated rings. The number of aliphatic hydroxyl groups is 4. The summed E-state index contributed by atoms with van der Waals surface area (Å²) in [4.78, 5) is 13.8. The van der Waals surface area contributed by atoms with Gasteiger partial charge in [0.15, 0.2) is 6.29 Å². The fourth-order valence-corrected chi connectivity index (χ4v) is 13.4. The lowest BCUT2D eigenvalue weighted by Crippen LogP contribution is -2.72. The minimum absolute atomic E-state index is 0.0515. The summed E-state index contributed by atoms with van der Waals surface area (Å²) in [5.41, 5.74) is -0.571. The van der Waals surface area contributed by atoms with E-state index in [1.807, 2.05) is 0 Å². The molecule has 7 aliphatic rings. The second-order valence-corrected chi connectivity index (χ2v) is 18.5. The Morgan fingerprint density at radius 1 is 0.773 bits per heavy atom. The highest BCUT2D eigenvalue weighted by molar-refractivity contribution is 5.81. The second-order valence-electron chi connectivity index (χ2n) is 18.5. The molecule has 2 saturated heterocycles. The maximum atomic E-state index is 13.8. The van der Waals surface area contributed by atoms with Crippen molar-refractivity contribution in [1.82, 2.24) is 0 Å². The molecule has 8 heteroatoms. The van der Waals surface area contributed by atoms with Gasteiger partial charge in [0.2, 0.25) is 0 Å². The molecule has 5 aliphatic carbocycles. The van der Waals surface area contributed by atoms with Gasteiger partial charge >= 0.3 is 5.97 Å². The predicted octanol–water partition coefficient (Wildman–Crippen LogP) is 4.73. The predicted molar refractivity (Wildman–Crippen MR) is 163 cm³/mol. The van der Waals surface area contributed by atoms with E-state index in [1.165, 1.54) is 0 Å². The highest BCUT2D eigenvalue weighted by Gasteiger charge is 2.81. The van der Waals surface area contributed by atoms with Gasteiger partial charge in [0, 0.05) is 11.3 Å². The van der Waals surface area contributed by atoms with Gasteiger partial charge in [-0.1, -0.05) is 48.5 Å². The molecule has 2 unspecified atom stereocenters. The van der Waals surface area contributed by atoms with Crippen LogP contribution in [0.15, 0.2) is 0 Å². The first-order valence-electron chi connectivity index (χ1n) is 17.6. The van der Waals surface area contributed by atoms with E-state index < -0.39 is 37.3 Å². The Hall–Kier alpha value is -0.770. The number of ether oxygens (including phenoxy) is 3. The Morgan fingerprint density at radius 3 is 2.16 bits per heavy atom. The molecule has 0 aromatic heterocycles. The molecule has 4 N–H and O–H groups in total. The number of carbonyl (C=O) groups is 1. The van der Waals surface area contributed by atoms with Gasteiger partial charge in [-0.05, 0) is 104 Å². The van der Waals surface area contributed by atoms with Crippen molar-refractivity contribution in [2.75, 3.05) is 6.61 Å². The van der Waals surface area contributed by atoms with Crippen molar-refractivity contribution in [1.29, 1.82) is 0 Å². The molecular formula is C36H58O8. The van der Waals surface area contributed by atoms with E-state index in [1.54, 1.807) is 0 Å². The summed E-state index contributed by atoms with van der Waals surface area (Å²) >= 11 is 0. The molecule has 5 saturated carbocycles. The molecule has 2 aliphatic heterocycles. The number of hydrogen-bond donors (Lipinski definition) is 4. The zero-order valence-electron chi connectivity index (χ0n) is 28.1. The SMILES string of the molecule is CC1(C)CC[C@@]23CC[C@]4(C)[C@@](CCC5[C@@]6(C)CCC(O[C@@H]7O[C@H](CO)[C@@H](O)[C@H](O)[C@H]7O)C(C)(C)[C@@H]6CC[C@]54C)(OC2=O)[C@@H]3C1. The molecule has 14 atom stereocenters. The zero-order valence-corrected chi connectivity index (χ0v) is 28.1. The summed E-state index contributed by atoms with van der Waals surface area (Å²) in [6.07, 6.45) is 4.67. The van der Waals surface area contributed by atoms with Crippen LogP contribution in [0.1, 0.15) is 119 Å². The van der Waals surface area contributed by atoms with Crippen molar-refractivity contribution in [3.8, 4) is 0 Å². The average molecular weight is 619 g/mol. The van der Waals surface area contributed by atoms with E-state index in [-0.39, 0.29) is 50.2 Å². The Balaban J connectivity index is 1.17. The van der Waals surface area contributed by atoms with Crippen LogP contribution in [0, 0.1) is 50.2 Å². The molecule has 2 heterocycles. The quantitative estimate of drug-likeness (QED) is 0.264. The summed E-state index contributed by atoms with van der Waals surface area (Å²) < 4.78 is 19.1. The van der Waals surface area contributed by atoms with Crippen molar-refractivity contribution in [3.63, 3.8) is 0 Å². The average Bonchev–Trinajstić information content (AvgIpc) is 3.12. The number of rotatable bonds is 3.